The number of likely N-dealkylation sites (N-methyl/N-ethyl adjacent to an activating group) is 1. The molecule has 0 aliphatic heterocycles. The summed E-state index contributed by atoms with van der Waals surface area (Å²) in [7, 11) is 1.88. The Bertz CT molecular complexity index is 424. The zero-order valence-corrected chi connectivity index (χ0v) is 11.8. The minimum atomic E-state index is 0.144. The van der Waals surface area contributed by atoms with Crippen molar-refractivity contribution in [1.82, 2.24) is 4.90 Å². The largest absolute Gasteiger partial charge is 0.491 e. The van der Waals surface area contributed by atoms with Crippen LogP contribution in [0.2, 0.25) is 0 Å². The molecule has 1 aliphatic rings. The van der Waals surface area contributed by atoms with Gasteiger partial charge in [-0.25, -0.2) is 0 Å². The first kappa shape index (κ1) is 13.7. The summed E-state index contributed by atoms with van der Waals surface area (Å²) in [5.41, 5.74) is 0.939. The predicted molar refractivity (Wildman–Crippen MR) is 76.5 cm³/mol. The van der Waals surface area contributed by atoms with Gasteiger partial charge in [-0.15, -0.1) is 0 Å². The Kier molecular flexibility index (Phi) is 4.30. The van der Waals surface area contributed by atoms with Gasteiger partial charge in [0.15, 0.2) is 0 Å². The molecule has 1 N–H and O–H groups in total. The van der Waals surface area contributed by atoms with Gasteiger partial charge in [-0.3, -0.25) is 4.79 Å². The minimum absolute atomic E-state index is 0.144. The summed E-state index contributed by atoms with van der Waals surface area (Å²) < 4.78 is 5.57. The minimum Gasteiger partial charge on any atom is -0.491 e. The Morgan fingerprint density at radius 2 is 2.00 bits per heavy atom. The van der Waals surface area contributed by atoms with Gasteiger partial charge < -0.3 is 15.0 Å². The molecule has 0 unspecified atom stereocenters. The summed E-state index contributed by atoms with van der Waals surface area (Å²) in [6, 6.07) is 8.16. The van der Waals surface area contributed by atoms with E-state index in [0.29, 0.717) is 12.6 Å². The van der Waals surface area contributed by atoms with E-state index in [1.165, 1.54) is 0 Å². The molecule has 0 bridgehead atoms. The maximum Gasteiger partial charge on any atom is 0.241 e. The van der Waals surface area contributed by atoms with Crippen LogP contribution in [0.4, 0.5) is 5.69 Å². The van der Waals surface area contributed by atoms with Crippen molar-refractivity contribution in [3.05, 3.63) is 24.3 Å². The van der Waals surface area contributed by atoms with Crippen LogP contribution in [0.25, 0.3) is 0 Å². The van der Waals surface area contributed by atoms with E-state index in [1.54, 1.807) is 0 Å². The highest BCUT2D eigenvalue weighted by Gasteiger charge is 2.29. The number of amides is 1. The molecular weight excluding hydrogens is 240 g/mol. The van der Waals surface area contributed by atoms with E-state index in [-0.39, 0.29) is 12.0 Å². The molecule has 1 saturated carbocycles. The van der Waals surface area contributed by atoms with Gasteiger partial charge in [0.05, 0.1) is 12.6 Å². The number of anilines is 1. The zero-order chi connectivity index (χ0) is 13.8. The van der Waals surface area contributed by atoms with Crippen LogP contribution in [0, 0.1) is 0 Å². The Balaban J connectivity index is 1.80. The summed E-state index contributed by atoms with van der Waals surface area (Å²) in [6.07, 6.45) is 2.46. The Hall–Kier alpha value is -1.71. The van der Waals surface area contributed by atoms with Crippen molar-refractivity contribution in [2.75, 3.05) is 18.9 Å². The molecule has 1 amide bonds. The molecule has 1 aromatic carbocycles. The fraction of sp³-hybridized carbons (Fsp3) is 0.533. The molecular formula is C15H22N2O2. The lowest BCUT2D eigenvalue weighted by Gasteiger charge is -2.17. The Morgan fingerprint density at radius 3 is 2.53 bits per heavy atom. The van der Waals surface area contributed by atoms with Crippen molar-refractivity contribution < 1.29 is 9.53 Å². The van der Waals surface area contributed by atoms with E-state index in [2.05, 4.69) is 5.32 Å². The van der Waals surface area contributed by atoms with E-state index in [1.807, 2.05) is 50.1 Å². The van der Waals surface area contributed by atoms with Gasteiger partial charge in [0.1, 0.15) is 5.75 Å². The molecule has 0 atom stereocenters. The first-order valence-electron chi connectivity index (χ1n) is 6.82. The van der Waals surface area contributed by atoms with Gasteiger partial charge in [0.25, 0.3) is 0 Å². The zero-order valence-electron chi connectivity index (χ0n) is 11.8. The maximum absolute atomic E-state index is 11.8. The van der Waals surface area contributed by atoms with Crippen molar-refractivity contribution in [1.29, 1.82) is 0 Å². The summed E-state index contributed by atoms with van der Waals surface area (Å²) in [6.45, 7) is 4.34. The highest BCUT2D eigenvalue weighted by Crippen LogP contribution is 2.25. The fourth-order valence-corrected chi connectivity index (χ4v) is 1.89. The number of nitrogens with zero attached hydrogens (tertiary/aromatic N) is 1. The normalized spacial score (nSPS) is 14.3. The molecule has 0 spiro atoms. The third-order valence-electron chi connectivity index (χ3n) is 3.16. The van der Waals surface area contributed by atoms with Crippen LogP contribution in [-0.4, -0.2) is 36.5 Å². The molecule has 2 rings (SSSR count). The Morgan fingerprint density at radius 1 is 1.37 bits per heavy atom. The molecule has 4 nitrogen and oxygen atoms in total. The Labute approximate surface area is 114 Å². The maximum atomic E-state index is 11.8. The number of rotatable bonds is 6. The number of carbonyl (C=O) groups is 1. The standard InChI is InChI=1S/C15H22N2O2/c1-11(2)19-14-8-4-12(5-9-14)16-10-15(18)17(3)13-6-7-13/h4-5,8-9,11,13,16H,6-7,10H2,1-3H3. The lowest BCUT2D eigenvalue weighted by molar-refractivity contribution is -0.128. The highest BCUT2D eigenvalue weighted by molar-refractivity contribution is 5.81. The second-order valence-corrected chi connectivity index (χ2v) is 5.28. The molecule has 0 heterocycles. The van der Waals surface area contributed by atoms with Gasteiger partial charge in [-0.1, -0.05) is 0 Å². The first-order chi connectivity index (χ1) is 9.06. The average molecular weight is 262 g/mol. The molecule has 19 heavy (non-hydrogen) atoms. The second-order valence-electron chi connectivity index (χ2n) is 5.28. The fourth-order valence-electron chi connectivity index (χ4n) is 1.89. The smallest absolute Gasteiger partial charge is 0.241 e. The van der Waals surface area contributed by atoms with Crippen molar-refractivity contribution in [3.63, 3.8) is 0 Å². The molecule has 104 valence electrons. The van der Waals surface area contributed by atoms with Crippen LogP contribution in [0.5, 0.6) is 5.75 Å². The summed E-state index contributed by atoms with van der Waals surface area (Å²) in [4.78, 5) is 13.7. The molecule has 0 saturated heterocycles. The predicted octanol–water partition coefficient (Wildman–Crippen LogP) is 2.51. The van der Waals surface area contributed by atoms with Crippen molar-refractivity contribution in [2.45, 2.75) is 38.8 Å². The van der Waals surface area contributed by atoms with Crippen LogP contribution in [0.3, 0.4) is 0 Å². The quantitative estimate of drug-likeness (QED) is 0.856. The molecule has 1 aliphatic carbocycles. The van der Waals surface area contributed by atoms with Crippen molar-refractivity contribution in [3.8, 4) is 5.75 Å². The molecule has 0 aromatic heterocycles. The van der Waals surface area contributed by atoms with E-state index in [0.717, 1.165) is 24.3 Å². The third kappa shape index (κ3) is 4.16. The van der Waals surface area contributed by atoms with E-state index >= 15 is 0 Å². The van der Waals surface area contributed by atoms with Gasteiger partial charge >= 0.3 is 0 Å². The summed E-state index contributed by atoms with van der Waals surface area (Å²) in [5.74, 6) is 0.993. The van der Waals surface area contributed by atoms with Crippen LogP contribution in [0.1, 0.15) is 26.7 Å². The number of carbonyl (C=O) groups excluding carboxylic acids is 1. The number of hydrogen-bond acceptors (Lipinski definition) is 3. The summed E-state index contributed by atoms with van der Waals surface area (Å²) in [5, 5.41) is 3.14. The highest BCUT2D eigenvalue weighted by atomic mass is 16.5. The van der Waals surface area contributed by atoms with Crippen LogP contribution in [-0.2, 0) is 4.79 Å². The molecule has 0 radical (unpaired) electrons. The molecule has 1 aromatic rings. The summed E-state index contributed by atoms with van der Waals surface area (Å²) >= 11 is 0. The topological polar surface area (TPSA) is 41.6 Å². The van der Waals surface area contributed by atoms with Crippen LogP contribution in [0.15, 0.2) is 24.3 Å². The second kappa shape index (κ2) is 5.95. The van der Waals surface area contributed by atoms with Crippen molar-refractivity contribution in [2.24, 2.45) is 0 Å². The van der Waals surface area contributed by atoms with Gasteiger partial charge in [0.2, 0.25) is 5.91 Å². The van der Waals surface area contributed by atoms with Gasteiger partial charge in [-0.05, 0) is 51.0 Å². The number of nitrogens with one attached hydrogen (secondary N) is 1. The molecule has 1 fully saturated rings. The molecule has 4 heteroatoms. The van der Waals surface area contributed by atoms with Gasteiger partial charge in [-0.2, -0.15) is 0 Å². The number of hydrogen-bond donors (Lipinski definition) is 1. The lowest BCUT2D eigenvalue weighted by Crippen LogP contribution is -2.33. The van der Waals surface area contributed by atoms with E-state index in [4.69, 9.17) is 4.74 Å². The average Bonchev–Trinajstić information content (AvgIpc) is 3.20. The van der Waals surface area contributed by atoms with Crippen LogP contribution < -0.4 is 10.1 Å². The van der Waals surface area contributed by atoms with E-state index < -0.39 is 0 Å². The first-order valence-corrected chi connectivity index (χ1v) is 6.82. The number of benzene rings is 1. The van der Waals surface area contributed by atoms with Crippen molar-refractivity contribution >= 4 is 11.6 Å². The monoisotopic (exact) mass is 262 g/mol. The number of ether oxygens (including phenoxy) is 1. The van der Waals surface area contributed by atoms with Crippen LogP contribution >= 0.6 is 0 Å². The SMILES string of the molecule is CC(C)Oc1ccc(NCC(=O)N(C)C2CC2)cc1. The van der Waals surface area contributed by atoms with Gasteiger partial charge in [0, 0.05) is 18.8 Å². The third-order valence-corrected chi connectivity index (χ3v) is 3.16. The lowest BCUT2D eigenvalue weighted by atomic mass is 10.3. The van der Waals surface area contributed by atoms with E-state index in [9.17, 15) is 4.79 Å².